The van der Waals surface area contributed by atoms with Crippen molar-refractivity contribution in [2.24, 2.45) is 4.99 Å². The molecule has 2 aliphatic rings. The normalized spacial score (nSPS) is 18.5. The van der Waals surface area contributed by atoms with Crippen LogP contribution in [-0.2, 0) is 6.18 Å². The second kappa shape index (κ2) is 9.18. The van der Waals surface area contributed by atoms with Gasteiger partial charge in [-0.15, -0.1) is 0 Å². The van der Waals surface area contributed by atoms with E-state index in [2.05, 4.69) is 33.6 Å². The maximum atomic E-state index is 13.8. The summed E-state index contributed by atoms with van der Waals surface area (Å²) in [6, 6.07) is 15.4. The first-order valence-electron chi connectivity index (χ1n) is 11.6. The van der Waals surface area contributed by atoms with E-state index >= 15 is 0 Å². The molecule has 2 N–H and O–H groups in total. The molecule has 8 heteroatoms. The standard InChI is InChI=1S/C26H26F3N5/c1-2-21-17-7-3-4-8-18(17)24(31-21)33-23-15-22(16-11-13-30-14-12-16)32-25(34-23)19-9-5-6-10-20(19)26(27,28)29/h3-10,15-16,21,30H,2,11-14H2,1H3,(H,31,32,33,34). The molecule has 0 spiro atoms. The van der Waals surface area contributed by atoms with Crippen LogP contribution in [0.3, 0.4) is 0 Å². The molecule has 1 unspecified atom stereocenters. The van der Waals surface area contributed by atoms with Gasteiger partial charge in [-0.3, -0.25) is 4.99 Å². The average molecular weight is 466 g/mol. The Morgan fingerprint density at radius 3 is 2.41 bits per heavy atom. The summed E-state index contributed by atoms with van der Waals surface area (Å²) in [4.78, 5) is 14.0. The van der Waals surface area contributed by atoms with Gasteiger partial charge in [0.25, 0.3) is 0 Å². The molecule has 0 saturated carbocycles. The van der Waals surface area contributed by atoms with Gasteiger partial charge < -0.3 is 10.6 Å². The van der Waals surface area contributed by atoms with Gasteiger partial charge in [0.2, 0.25) is 0 Å². The van der Waals surface area contributed by atoms with Crippen LogP contribution in [0.4, 0.5) is 19.0 Å². The smallest absolute Gasteiger partial charge is 0.325 e. The van der Waals surface area contributed by atoms with Crippen LogP contribution in [0.2, 0.25) is 0 Å². The largest absolute Gasteiger partial charge is 0.417 e. The first kappa shape index (κ1) is 22.5. The Morgan fingerprint density at radius 1 is 0.971 bits per heavy atom. The Balaban J connectivity index is 1.59. The van der Waals surface area contributed by atoms with Crippen molar-refractivity contribution in [2.45, 2.75) is 44.3 Å². The Morgan fingerprint density at radius 2 is 1.68 bits per heavy atom. The molecule has 1 saturated heterocycles. The molecule has 176 valence electrons. The van der Waals surface area contributed by atoms with E-state index in [0.717, 1.165) is 55.2 Å². The molecule has 2 aromatic carbocycles. The lowest BCUT2D eigenvalue weighted by Gasteiger charge is -2.23. The molecule has 0 radical (unpaired) electrons. The molecule has 5 nitrogen and oxygen atoms in total. The molecule has 3 heterocycles. The summed E-state index contributed by atoms with van der Waals surface area (Å²) >= 11 is 0. The summed E-state index contributed by atoms with van der Waals surface area (Å²) in [5.74, 6) is 1.38. The Bertz CT molecular complexity index is 1220. The van der Waals surface area contributed by atoms with Gasteiger partial charge in [0.05, 0.1) is 11.6 Å². The number of amidine groups is 1. The minimum Gasteiger partial charge on any atom is -0.325 e. The first-order valence-corrected chi connectivity index (χ1v) is 11.6. The molecular formula is C26H26F3N5. The number of hydrogen-bond acceptors (Lipinski definition) is 5. The second-order valence-electron chi connectivity index (χ2n) is 8.68. The number of anilines is 1. The number of nitrogens with one attached hydrogen (secondary N) is 2. The van der Waals surface area contributed by atoms with E-state index < -0.39 is 11.7 Å². The van der Waals surface area contributed by atoms with Crippen molar-refractivity contribution in [3.05, 3.63) is 77.0 Å². The number of halogens is 3. The molecule has 2 aliphatic heterocycles. The van der Waals surface area contributed by atoms with E-state index in [1.54, 1.807) is 6.07 Å². The highest BCUT2D eigenvalue weighted by Gasteiger charge is 2.34. The molecule has 1 fully saturated rings. The molecule has 0 bridgehead atoms. The minimum atomic E-state index is -4.50. The predicted molar refractivity (Wildman–Crippen MR) is 127 cm³/mol. The van der Waals surface area contributed by atoms with E-state index in [0.29, 0.717) is 11.7 Å². The quantitative estimate of drug-likeness (QED) is 0.500. The number of hydrogen-bond donors (Lipinski definition) is 2. The summed E-state index contributed by atoms with van der Waals surface area (Å²) in [5.41, 5.74) is 2.13. The van der Waals surface area contributed by atoms with E-state index in [4.69, 9.17) is 4.99 Å². The number of aromatic nitrogens is 2. The summed E-state index contributed by atoms with van der Waals surface area (Å²) in [6.07, 6.45) is -1.89. The van der Waals surface area contributed by atoms with Crippen LogP contribution in [0.1, 0.15) is 60.5 Å². The molecule has 34 heavy (non-hydrogen) atoms. The molecule has 1 aromatic heterocycles. The monoisotopic (exact) mass is 465 g/mol. The van der Waals surface area contributed by atoms with E-state index in [1.807, 2.05) is 24.3 Å². The van der Waals surface area contributed by atoms with Crippen molar-refractivity contribution in [1.29, 1.82) is 0 Å². The molecular weight excluding hydrogens is 439 g/mol. The number of rotatable bonds is 4. The Kier molecular flexibility index (Phi) is 6.08. The topological polar surface area (TPSA) is 62.2 Å². The minimum absolute atomic E-state index is 0.0194. The van der Waals surface area contributed by atoms with Crippen LogP contribution in [0.5, 0.6) is 0 Å². The maximum Gasteiger partial charge on any atom is 0.417 e. The van der Waals surface area contributed by atoms with Crippen molar-refractivity contribution in [1.82, 2.24) is 15.3 Å². The van der Waals surface area contributed by atoms with Gasteiger partial charge >= 0.3 is 6.18 Å². The van der Waals surface area contributed by atoms with Crippen molar-refractivity contribution in [3.63, 3.8) is 0 Å². The highest BCUT2D eigenvalue weighted by atomic mass is 19.4. The molecule has 1 atom stereocenters. The zero-order chi connectivity index (χ0) is 23.7. The summed E-state index contributed by atoms with van der Waals surface area (Å²) < 4.78 is 41.3. The van der Waals surface area contributed by atoms with E-state index in [-0.39, 0.29) is 23.3 Å². The summed E-state index contributed by atoms with van der Waals surface area (Å²) in [5, 5.41) is 6.64. The van der Waals surface area contributed by atoms with Gasteiger partial charge in [0.15, 0.2) is 5.82 Å². The number of alkyl halides is 3. The van der Waals surface area contributed by atoms with Gasteiger partial charge in [-0.2, -0.15) is 13.2 Å². The Hall–Kier alpha value is -3.26. The SMILES string of the molecule is CCC1N=C(Nc2cc(C3CCNCC3)nc(-c3ccccc3C(F)(F)F)n2)c2ccccc21. The second-order valence-corrected chi connectivity index (χ2v) is 8.68. The fourth-order valence-electron chi connectivity index (χ4n) is 4.73. The fourth-order valence-corrected chi connectivity index (χ4v) is 4.73. The van der Waals surface area contributed by atoms with Crippen molar-refractivity contribution < 1.29 is 13.2 Å². The predicted octanol–water partition coefficient (Wildman–Crippen LogP) is 5.95. The first-order chi connectivity index (χ1) is 16.4. The number of aliphatic imine (C=N–C) groups is 1. The van der Waals surface area contributed by atoms with Crippen molar-refractivity contribution in [2.75, 3.05) is 18.4 Å². The lowest BCUT2D eigenvalue weighted by Crippen LogP contribution is -2.27. The maximum absolute atomic E-state index is 13.8. The highest BCUT2D eigenvalue weighted by molar-refractivity contribution is 6.10. The van der Waals surface area contributed by atoms with Gasteiger partial charge in [-0.05, 0) is 44.0 Å². The van der Waals surface area contributed by atoms with Crippen LogP contribution in [0.25, 0.3) is 11.4 Å². The summed E-state index contributed by atoms with van der Waals surface area (Å²) in [7, 11) is 0. The van der Waals surface area contributed by atoms with Gasteiger partial charge in [-0.25, -0.2) is 9.97 Å². The molecule has 5 rings (SSSR count). The molecule has 3 aromatic rings. The fraction of sp³-hybridized carbons (Fsp3) is 0.346. The number of nitrogens with zero attached hydrogens (tertiary/aromatic N) is 3. The van der Waals surface area contributed by atoms with Crippen molar-refractivity contribution >= 4 is 11.7 Å². The van der Waals surface area contributed by atoms with E-state index in [9.17, 15) is 13.2 Å². The number of piperidine rings is 1. The molecule has 0 amide bonds. The third-order valence-corrected chi connectivity index (χ3v) is 6.47. The van der Waals surface area contributed by atoms with Gasteiger partial charge in [0, 0.05) is 28.8 Å². The van der Waals surface area contributed by atoms with Crippen LogP contribution >= 0.6 is 0 Å². The lowest BCUT2D eigenvalue weighted by molar-refractivity contribution is -0.137. The zero-order valence-corrected chi connectivity index (χ0v) is 18.9. The van der Waals surface area contributed by atoms with Gasteiger partial charge in [0.1, 0.15) is 11.7 Å². The summed E-state index contributed by atoms with van der Waals surface area (Å²) in [6.45, 7) is 3.79. The Labute approximate surface area is 196 Å². The lowest BCUT2D eigenvalue weighted by atomic mass is 9.94. The number of fused-ring (bicyclic) bond motifs is 1. The highest BCUT2D eigenvalue weighted by Crippen LogP contribution is 2.37. The van der Waals surface area contributed by atoms with Crippen LogP contribution in [0.15, 0.2) is 59.6 Å². The zero-order valence-electron chi connectivity index (χ0n) is 18.9. The molecule has 0 aliphatic carbocycles. The number of benzene rings is 2. The van der Waals surface area contributed by atoms with Crippen LogP contribution in [-0.4, -0.2) is 28.9 Å². The van der Waals surface area contributed by atoms with E-state index in [1.165, 1.54) is 12.1 Å². The third-order valence-electron chi connectivity index (χ3n) is 6.47. The van der Waals surface area contributed by atoms with Crippen LogP contribution in [0, 0.1) is 0 Å². The average Bonchev–Trinajstić information content (AvgIpc) is 3.21. The van der Waals surface area contributed by atoms with Crippen LogP contribution < -0.4 is 10.6 Å². The van der Waals surface area contributed by atoms with Gasteiger partial charge in [-0.1, -0.05) is 49.4 Å². The third kappa shape index (κ3) is 4.42. The van der Waals surface area contributed by atoms with Crippen molar-refractivity contribution in [3.8, 4) is 11.4 Å².